The third kappa shape index (κ3) is 3.48. The van der Waals surface area contributed by atoms with Crippen molar-refractivity contribution >= 4 is 22.8 Å². The van der Waals surface area contributed by atoms with Gasteiger partial charge in [-0.15, -0.1) is 5.10 Å². The highest BCUT2D eigenvalue weighted by Crippen LogP contribution is 2.27. The second-order valence-corrected chi connectivity index (χ2v) is 5.21. The van der Waals surface area contributed by atoms with Gasteiger partial charge in [0.15, 0.2) is 0 Å². The number of para-hydroxylation sites is 1. The van der Waals surface area contributed by atoms with E-state index in [1.807, 2.05) is 16.7 Å². The molecule has 0 saturated heterocycles. The van der Waals surface area contributed by atoms with E-state index in [1.54, 1.807) is 30.5 Å². The van der Waals surface area contributed by atoms with E-state index in [9.17, 15) is 18.0 Å². The minimum atomic E-state index is -4.66. The van der Waals surface area contributed by atoms with Crippen molar-refractivity contribution in [2.75, 3.05) is 19.0 Å². The number of halogens is 3. The number of H-pyrrole nitrogens is 1. The Kier molecular flexibility index (Phi) is 4.45. The molecule has 0 saturated carbocycles. The predicted molar refractivity (Wildman–Crippen MR) is 83.2 cm³/mol. The highest BCUT2D eigenvalue weighted by Gasteiger charge is 2.35. The Labute approximate surface area is 139 Å². The standard InChI is InChI=1S/C15H14F3N5O2/c1-25-7-6-23-8-10(9-4-2-3-5-11(9)23)12(24)19-14-20-13(21-22-14)15(16,17)18/h2-5,8H,6-7H2,1H3,(H2,19,20,21,22,24). The molecule has 0 radical (unpaired) electrons. The molecule has 1 amide bonds. The SMILES string of the molecule is COCCn1cc(C(=O)Nc2n[nH]c(C(F)(F)F)n2)c2ccccc21. The van der Waals surface area contributed by atoms with Gasteiger partial charge in [-0.2, -0.15) is 18.2 Å². The lowest BCUT2D eigenvalue weighted by Crippen LogP contribution is -2.13. The number of nitrogens with zero attached hydrogens (tertiary/aromatic N) is 3. The van der Waals surface area contributed by atoms with E-state index < -0.39 is 23.9 Å². The molecule has 3 aromatic rings. The van der Waals surface area contributed by atoms with Crippen LogP contribution in [0.15, 0.2) is 30.5 Å². The van der Waals surface area contributed by atoms with Crippen LogP contribution >= 0.6 is 0 Å². The van der Waals surface area contributed by atoms with Gasteiger partial charge in [0.05, 0.1) is 12.2 Å². The molecular formula is C15H14F3N5O2. The van der Waals surface area contributed by atoms with E-state index in [0.29, 0.717) is 24.1 Å². The molecule has 0 aliphatic heterocycles. The molecule has 10 heteroatoms. The van der Waals surface area contributed by atoms with Gasteiger partial charge in [0.25, 0.3) is 5.91 Å². The summed E-state index contributed by atoms with van der Waals surface area (Å²) in [7, 11) is 1.57. The lowest BCUT2D eigenvalue weighted by atomic mass is 10.1. The lowest BCUT2D eigenvalue weighted by Gasteiger charge is -2.03. The van der Waals surface area contributed by atoms with Crippen molar-refractivity contribution in [2.45, 2.75) is 12.7 Å². The Morgan fingerprint density at radius 2 is 2.12 bits per heavy atom. The van der Waals surface area contributed by atoms with Gasteiger partial charge in [0, 0.05) is 30.8 Å². The number of aromatic nitrogens is 4. The number of amides is 1. The van der Waals surface area contributed by atoms with Crippen LogP contribution < -0.4 is 5.32 Å². The second kappa shape index (κ2) is 6.55. The van der Waals surface area contributed by atoms with Crippen LogP contribution in [0.3, 0.4) is 0 Å². The van der Waals surface area contributed by atoms with Crippen LogP contribution in [0.2, 0.25) is 0 Å². The summed E-state index contributed by atoms with van der Waals surface area (Å²) < 4.78 is 44.5. The number of hydrogen-bond acceptors (Lipinski definition) is 4. The maximum Gasteiger partial charge on any atom is 0.451 e. The minimum absolute atomic E-state index is 0.310. The number of hydrogen-bond donors (Lipinski definition) is 2. The first kappa shape index (κ1) is 17.0. The maximum absolute atomic E-state index is 12.5. The Hall–Kier alpha value is -2.88. The molecule has 0 bridgehead atoms. The zero-order valence-corrected chi connectivity index (χ0v) is 13.1. The fourth-order valence-corrected chi connectivity index (χ4v) is 2.42. The normalized spacial score (nSPS) is 11.8. The molecule has 132 valence electrons. The first-order valence-electron chi connectivity index (χ1n) is 7.28. The van der Waals surface area contributed by atoms with Crippen molar-refractivity contribution < 1.29 is 22.7 Å². The molecular weight excluding hydrogens is 339 g/mol. The molecule has 2 heterocycles. The molecule has 0 spiro atoms. The number of aromatic amines is 1. The molecule has 25 heavy (non-hydrogen) atoms. The van der Waals surface area contributed by atoms with Crippen molar-refractivity contribution in [2.24, 2.45) is 0 Å². The van der Waals surface area contributed by atoms with Gasteiger partial charge in [0.1, 0.15) is 0 Å². The van der Waals surface area contributed by atoms with Crippen LogP contribution in [-0.2, 0) is 17.5 Å². The average Bonchev–Trinajstić information content (AvgIpc) is 3.17. The monoisotopic (exact) mass is 353 g/mol. The van der Waals surface area contributed by atoms with Gasteiger partial charge >= 0.3 is 6.18 Å². The van der Waals surface area contributed by atoms with Crippen molar-refractivity contribution in [1.82, 2.24) is 19.7 Å². The third-order valence-electron chi connectivity index (χ3n) is 3.55. The lowest BCUT2D eigenvalue weighted by molar-refractivity contribution is -0.144. The summed E-state index contributed by atoms with van der Waals surface area (Å²) >= 11 is 0. The Bertz CT molecular complexity index is 900. The summed E-state index contributed by atoms with van der Waals surface area (Å²) in [5.74, 6) is -2.31. The number of benzene rings is 1. The van der Waals surface area contributed by atoms with Gasteiger partial charge in [-0.25, -0.2) is 0 Å². The van der Waals surface area contributed by atoms with E-state index in [2.05, 4.69) is 15.4 Å². The number of carbonyl (C=O) groups is 1. The largest absolute Gasteiger partial charge is 0.451 e. The van der Waals surface area contributed by atoms with E-state index in [1.165, 1.54) is 0 Å². The number of ether oxygens (including phenoxy) is 1. The van der Waals surface area contributed by atoms with Crippen LogP contribution in [0.25, 0.3) is 10.9 Å². The van der Waals surface area contributed by atoms with Gasteiger partial charge in [-0.05, 0) is 6.07 Å². The molecule has 0 unspecified atom stereocenters. The number of methoxy groups -OCH3 is 1. The predicted octanol–water partition coefficient (Wildman–Crippen LogP) is 2.68. The molecule has 0 fully saturated rings. The summed E-state index contributed by atoms with van der Waals surface area (Å²) in [6.45, 7) is 0.985. The molecule has 7 nitrogen and oxygen atoms in total. The Morgan fingerprint density at radius 1 is 1.36 bits per heavy atom. The van der Waals surface area contributed by atoms with Crippen molar-refractivity contribution in [3.8, 4) is 0 Å². The van der Waals surface area contributed by atoms with Crippen LogP contribution in [-0.4, -0.2) is 39.4 Å². The van der Waals surface area contributed by atoms with Gasteiger partial charge in [-0.1, -0.05) is 18.2 Å². The highest BCUT2D eigenvalue weighted by molar-refractivity contribution is 6.12. The zero-order chi connectivity index (χ0) is 18.0. The van der Waals surface area contributed by atoms with Crippen LogP contribution in [0.1, 0.15) is 16.2 Å². The van der Waals surface area contributed by atoms with Gasteiger partial charge < -0.3 is 9.30 Å². The molecule has 1 aromatic carbocycles. The molecule has 2 aromatic heterocycles. The fraction of sp³-hybridized carbons (Fsp3) is 0.267. The first-order valence-corrected chi connectivity index (χ1v) is 7.28. The summed E-state index contributed by atoms with van der Waals surface area (Å²) in [6.07, 6.45) is -3.04. The third-order valence-corrected chi connectivity index (χ3v) is 3.55. The van der Waals surface area contributed by atoms with E-state index in [-0.39, 0.29) is 0 Å². The smallest absolute Gasteiger partial charge is 0.383 e. The summed E-state index contributed by atoms with van der Waals surface area (Å²) in [5.41, 5.74) is 1.13. The summed E-state index contributed by atoms with van der Waals surface area (Å²) in [4.78, 5) is 15.7. The Morgan fingerprint density at radius 3 is 2.80 bits per heavy atom. The summed E-state index contributed by atoms with van der Waals surface area (Å²) in [5, 5.41) is 8.06. The first-order chi connectivity index (χ1) is 11.9. The van der Waals surface area contributed by atoms with Gasteiger partial charge in [-0.3, -0.25) is 15.2 Å². The Balaban J connectivity index is 1.88. The molecule has 3 rings (SSSR count). The number of alkyl halides is 3. The van der Waals surface area contributed by atoms with E-state index in [0.717, 1.165) is 5.52 Å². The molecule has 0 aliphatic carbocycles. The van der Waals surface area contributed by atoms with Gasteiger partial charge in [0.2, 0.25) is 11.8 Å². The van der Waals surface area contributed by atoms with E-state index in [4.69, 9.17) is 4.74 Å². The number of fused-ring (bicyclic) bond motifs is 1. The average molecular weight is 353 g/mol. The number of rotatable bonds is 5. The van der Waals surface area contributed by atoms with Crippen LogP contribution in [0.4, 0.5) is 19.1 Å². The number of anilines is 1. The van der Waals surface area contributed by atoms with E-state index >= 15 is 0 Å². The fourth-order valence-electron chi connectivity index (χ4n) is 2.42. The second-order valence-electron chi connectivity index (χ2n) is 5.21. The van der Waals surface area contributed by atoms with Crippen LogP contribution in [0, 0.1) is 0 Å². The van der Waals surface area contributed by atoms with Crippen molar-refractivity contribution in [1.29, 1.82) is 0 Å². The molecule has 0 atom stereocenters. The highest BCUT2D eigenvalue weighted by atomic mass is 19.4. The zero-order valence-electron chi connectivity index (χ0n) is 13.1. The molecule has 2 N–H and O–H groups in total. The topological polar surface area (TPSA) is 84.8 Å². The van der Waals surface area contributed by atoms with Crippen LogP contribution in [0.5, 0.6) is 0 Å². The summed E-state index contributed by atoms with van der Waals surface area (Å²) in [6, 6.07) is 7.20. The molecule has 0 aliphatic rings. The number of carbonyl (C=O) groups excluding carboxylic acids is 1. The maximum atomic E-state index is 12.5. The quantitative estimate of drug-likeness (QED) is 0.739. The minimum Gasteiger partial charge on any atom is -0.383 e. The number of nitrogens with one attached hydrogen (secondary N) is 2. The van der Waals surface area contributed by atoms with Crippen molar-refractivity contribution in [3.63, 3.8) is 0 Å². The van der Waals surface area contributed by atoms with Crippen molar-refractivity contribution in [3.05, 3.63) is 41.9 Å².